The zero-order valence-corrected chi connectivity index (χ0v) is 23.5. The summed E-state index contributed by atoms with van der Waals surface area (Å²) in [6.07, 6.45) is -3.83. The normalized spacial score (nSPS) is 23.5. The number of nitrogens with zero attached hydrogens (tertiary/aromatic N) is 2. The summed E-state index contributed by atoms with van der Waals surface area (Å²) >= 11 is 0. The number of rotatable bonds is 9. The summed E-state index contributed by atoms with van der Waals surface area (Å²) in [5.74, 6) is -1.41. The lowest BCUT2D eigenvalue weighted by Gasteiger charge is -2.57. The molecule has 10 nitrogen and oxygen atoms in total. The molecule has 5 rings (SSSR count). The molecular weight excluding hydrogens is 561 g/mol. The quantitative estimate of drug-likeness (QED) is 0.319. The van der Waals surface area contributed by atoms with E-state index >= 15 is 0 Å². The maximum atomic E-state index is 13.8. The first kappa shape index (κ1) is 29.6. The number of halogens is 3. The molecule has 2 unspecified atom stereocenters. The van der Waals surface area contributed by atoms with Gasteiger partial charge in [-0.1, -0.05) is 6.07 Å². The zero-order chi connectivity index (χ0) is 30.3. The van der Waals surface area contributed by atoms with Crippen molar-refractivity contribution in [1.29, 1.82) is 0 Å². The molecule has 2 aromatic rings. The van der Waals surface area contributed by atoms with E-state index in [9.17, 15) is 27.6 Å². The fourth-order valence-corrected chi connectivity index (χ4v) is 6.46. The van der Waals surface area contributed by atoms with Crippen LogP contribution in [0.5, 0.6) is 23.0 Å². The van der Waals surface area contributed by atoms with Crippen LogP contribution >= 0.6 is 0 Å². The van der Waals surface area contributed by atoms with Gasteiger partial charge in [-0.2, -0.15) is 0 Å². The summed E-state index contributed by atoms with van der Waals surface area (Å²) in [6, 6.07) is 5.22. The molecule has 4 atom stereocenters. The fraction of sp³-hybridized carbons (Fsp3) is 0.483. The summed E-state index contributed by atoms with van der Waals surface area (Å²) in [6.45, 7) is -0.133. The van der Waals surface area contributed by atoms with Crippen LogP contribution < -0.4 is 18.9 Å². The van der Waals surface area contributed by atoms with E-state index < -0.39 is 36.1 Å². The van der Waals surface area contributed by atoms with Gasteiger partial charge in [0, 0.05) is 25.3 Å². The first-order chi connectivity index (χ1) is 20.0. The summed E-state index contributed by atoms with van der Waals surface area (Å²) in [5, 5.41) is 0. The molecule has 2 bridgehead atoms. The van der Waals surface area contributed by atoms with Crippen molar-refractivity contribution in [3.63, 3.8) is 0 Å². The van der Waals surface area contributed by atoms with Crippen LogP contribution in [0.25, 0.3) is 0 Å². The Labute approximate surface area is 240 Å². The van der Waals surface area contributed by atoms with Gasteiger partial charge in [-0.25, -0.2) is 0 Å². The largest absolute Gasteiger partial charge is 0.573 e. The molecule has 0 aromatic heterocycles. The van der Waals surface area contributed by atoms with E-state index in [-0.39, 0.29) is 53.6 Å². The third-order valence-corrected chi connectivity index (χ3v) is 8.19. The third kappa shape index (κ3) is 5.26. The van der Waals surface area contributed by atoms with Crippen molar-refractivity contribution < 1.29 is 51.2 Å². The molecule has 2 aromatic carbocycles. The van der Waals surface area contributed by atoms with Crippen LogP contribution in [0.3, 0.4) is 0 Å². The SMILES string of the molecule is COc1cc(C(=O)C(=O)CN2C3CCCC2[C@H]2[C@@H](OC)c4cc(OC(F)(F)F)ccc4CN2C3=O)cc(OC)c1OC. The summed E-state index contributed by atoms with van der Waals surface area (Å²) < 4.78 is 64.6. The van der Waals surface area contributed by atoms with Crippen LogP contribution in [0.15, 0.2) is 30.3 Å². The number of piperidine rings is 1. The highest BCUT2D eigenvalue weighted by Gasteiger charge is 2.54. The second-order valence-corrected chi connectivity index (χ2v) is 10.4. The van der Waals surface area contributed by atoms with E-state index in [1.165, 1.54) is 58.8 Å². The Bertz CT molecular complexity index is 1370. The number of benzene rings is 2. The highest BCUT2D eigenvalue weighted by atomic mass is 19.4. The van der Waals surface area contributed by atoms with E-state index in [4.69, 9.17) is 18.9 Å². The molecule has 2 fully saturated rings. The predicted octanol–water partition coefficient (Wildman–Crippen LogP) is 3.70. The number of methoxy groups -OCH3 is 4. The predicted molar refractivity (Wildman–Crippen MR) is 141 cm³/mol. The number of fused-ring (bicyclic) bond motifs is 5. The Hall–Kier alpha value is -3.84. The minimum absolute atomic E-state index is 0.0446. The molecule has 2 saturated heterocycles. The van der Waals surface area contributed by atoms with E-state index in [0.717, 1.165) is 0 Å². The Morgan fingerprint density at radius 3 is 2.26 bits per heavy atom. The maximum absolute atomic E-state index is 13.8. The van der Waals surface area contributed by atoms with Gasteiger partial charge in [0.1, 0.15) is 11.9 Å². The van der Waals surface area contributed by atoms with Crippen LogP contribution in [0, 0.1) is 0 Å². The van der Waals surface area contributed by atoms with Gasteiger partial charge in [0.2, 0.25) is 23.2 Å². The molecule has 0 aliphatic carbocycles. The van der Waals surface area contributed by atoms with E-state index in [1.54, 1.807) is 9.80 Å². The number of carbonyl (C=O) groups is 3. The highest BCUT2D eigenvalue weighted by molar-refractivity contribution is 6.44. The molecule has 0 radical (unpaired) electrons. The minimum atomic E-state index is -4.86. The van der Waals surface area contributed by atoms with Crippen LogP contribution in [-0.4, -0.2) is 86.7 Å². The van der Waals surface area contributed by atoms with Crippen LogP contribution in [0.2, 0.25) is 0 Å². The monoisotopic (exact) mass is 592 g/mol. The zero-order valence-electron chi connectivity index (χ0n) is 23.5. The van der Waals surface area contributed by atoms with Crippen LogP contribution in [0.4, 0.5) is 13.2 Å². The molecule has 1 amide bonds. The van der Waals surface area contributed by atoms with Crippen LogP contribution in [-0.2, 0) is 20.9 Å². The van der Waals surface area contributed by atoms with E-state index in [0.29, 0.717) is 30.4 Å². The lowest BCUT2D eigenvalue weighted by atomic mass is 9.78. The third-order valence-electron chi connectivity index (χ3n) is 8.19. The summed E-state index contributed by atoms with van der Waals surface area (Å²) in [7, 11) is 5.64. The van der Waals surface area contributed by atoms with Crippen molar-refractivity contribution in [3.05, 3.63) is 47.0 Å². The Kier molecular flexibility index (Phi) is 8.08. The summed E-state index contributed by atoms with van der Waals surface area (Å²) in [4.78, 5) is 43.9. The van der Waals surface area contributed by atoms with Crippen LogP contribution in [0.1, 0.15) is 46.9 Å². The molecule has 3 aliphatic heterocycles. The number of Topliss-reactive ketones (excluding diaryl/α,β-unsaturated/α-hetero) is 2. The summed E-state index contributed by atoms with van der Waals surface area (Å²) in [5.41, 5.74) is 1.18. The molecule has 42 heavy (non-hydrogen) atoms. The number of ether oxygens (including phenoxy) is 5. The minimum Gasteiger partial charge on any atom is -0.493 e. The van der Waals surface area contributed by atoms with Crippen molar-refractivity contribution >= 4 is 17.5 Å². The molecule has 13 heteroatoms. The van der Waals surface area contributed by atoms with Gasteiger partial charge < -0.3 is 28.6 Å². The van der Waals surface area contributed by atoms with Crippen molar-refractivity contribution in [2.45, 2.75) is 56.4 Å². The van der Waals surface area contributed by atoms with E-state index in [1.807, 2.05) is 0 Å². The first-order valence-electron chi connectivity index (χ1n) is 13.4. The van der Waals surface area contributed by atoms with Gasteiger partial charge in [-0.15, -0.1) is 13.2 Å². The van der Waals surface area contributed by atoms with E-state index in [2.05, 4.69) is 4.74 Å². The number of piperazine rings is 1. The van der Waals surface area contributed by atoms with Gasteiger partial charge in [-0.05, 0) is 54.7 Å². The Balaban J connectivity index is 1.44. The molecule has 0 saturated carbocycles. The number of ketones is 2. The molecule has 3 heterocycles. The Morgan fingerprint density at radius 1 is 0.976 bits per heavy atom. The van der Waals surface area contributed by atoms with Gasteiger partial charge >= 0.3 is 6.36 Å². The van der Waals surface area contributed by atoms with Crippen molar-refractivity contribution in [2.75, 3.05) is 35.0 Å². The topological polar surface area (TPSA) is 104 Å². The molecule has 226 valence electrons. The smallest absolute Gasteiger partial charge is 0.493 e. The number of hydrogen-bond acceptors (Lipinski definition) is 9. The van der Waals surface area contributed by atoms with Gasteiger partial charge in [0.25, 0.3) is 0 Å². The number of hydrogen-bond donors (Lipinski definition) is 0. The van der Waals surface area contributed by atoms with Crippen molar-refractivity contribution in [1.82, 2.24) is 9.80 Å². The fourth-order valence-electron chi connectivity index (χ4n) is 6.46. The number of carbonyl (C=O) groups excluding carboxylic acids is 3. The average Bonchev–Trinajstić information content (AvgIpc) is 2.97. The van der Waals surface area contributed by atoms with Gasteiger partial charge in [0.15, 0.2) is 11.5 Å². The molecule has 3 aliphatic rings. The van der Waals surface area contributed by atoms with Gasteiger partial charge in [0.05, 0.1) is 40.0 Å². The molecule has 0 N–H and O–H groups in total. The standard InChI is InChI=1S/C29H31F3N2O8/c1-38-22-10-16(11-23(39-2)27(22)41-4)25(36)21(35)14-33-19-6-5-7-20(33)28(37)34-13-15-8-9-17(42-29(30,31)32)12-18(15)26(40-3)24(19)34/h8-12,19-20,24,26H,5-7,13-14H2,1-4H3/t19?,20?,24-,26-/m0/s1. The number of amides is 1. The highest BCUT2D eigenvalue weighted by Crippen LogP contribution is 2.45. The lowest BCUT2D eigenvalue weighted by molar-refractivity contribution is -0.274. The van der Waals surface area contributed by atoms with Crippen molar-refractivity contribution in [2.24, 2.45) is 0 Å². The molecule has 0 spiro atoms. The lowest BCUT2D eigenvalue weighted by Crippen LogP contribution is -2.71. The average molecular weight is 593 g/mol. The maximum Gasteiger partial charge on any atom is 0.573 e. The first-order valence-corrected chi connectivity index (χ1v) is 13.4. The Morgan fingerprint density at radius 2 is 1.67 bits per heavy atom. The molecular formula is C29H31F3N2O8. The second kappa shape index (κ2) is 11.4. The second-order valence-electron chi connectivity index (χ2n) is 10.4. The van der Waals surface area contributed by atoms with Gasteiger partial charge in [-0.3, -0.25) is 19.3 Å². The van der Waals surface area contributed by atoms with Crippen molar-refractivity contribution in [3.8, 4) is 23.0 Å². The number of alkyl halides is 3.